The Morgan fingerprint density at radius 2 is 1.75 bits per heavy atom. The first kappa shape index (κ1) is 16.4. The maximum absolute atomic E-state index is 9.70. The summed E-state index contributed by atoms with van der Waals surface area (Å²) in [6, 6.07) is 18.5. The van der Waals surface area contributed by atoms with Crippen molar-refractivity contribution in [2.24, 2.45) is 0 Å². The molecular formula is C20H23N3O. The quantitative estimate of drug-likeness (QED) is 0.730. The first-order valence-electron chi connectivity index (χ1n) is 8.21. The van der Waals surface area contributed by atoms with Crippen molar-refractivity contribution in [1.29, 1.82) is 0 Å². The van der Waals surface area contributed by atoms with Gasteiger partial charge in [-0.05, 0) is 37.1 Å². The molecule has 0 saturated carbocycles. The van der Waals surface area contributed by atoms with Gasteiger partial charge in [-0.3, -0.25) is 0 Å². The molecule has 0 aliphatic heterocycles. The second kappa shape index (κ2) is 7.43. The molecule has 1 heterocycles. The number of benzene rings is 2. The monoisotopic (exact) mass is 321 g/mol. The van der Waals surface area contributed by atoms with Gasteiger partial charge in [-0.2, -0.15) is 0 Å². The number of aliphatic hydroxyl groups is 1. The fourth-order valence-electron chi connectivity index (χ4n) is 2.91. The molecule has 0 fully saturated rings. The fraction of sp³-hybridized carbons (Fsp3) is 0.250. The molecule has 0 aliphatic rings. The van der Waals surface area contributed by atoms with Crippen LogP contribution in [-0.4, -0.2) is 21.3 Å². The third kappa shape index (κ3) is 3.55. The van der Waals surface area contributed by atoms with E-state index in [4.69, 9.17) is 0 Å². The van der Waals surface area contributed by atoms with Gasteiger partial charge >= 0.3 is 0 Å². The van der Waals surface area contributed by atoms with Gasteiger partial charge in [-0.15, -0.1) is 0 Å². The Hall–Kier alpha value is -2.43. The van der Waals surface area contributed by atoms with Crippen LogP contribution in [0.15, 0.2) is 67.0 Å². The predicted octanol–water partition coefficient (Wildman–Crippen LogP) is 3.56. The first-order chi connectivity index (χ1) is 11.7. The first-order valence-corrected chi connectivity index (χ1v) is 8.21. The lowest BCUT2D eigenvalue weighted by molar-refractivity contribution is 0.235. The van der Waals surface area contributed by atoms with E-state index in [-0.39, 0.29) is 18.7 Å². The predicted molar refractivity (Wildman–Crippen MR) is 96.1 cm³/mol. The minimum Gasteiger partial charge on any atom is -0.394 e. The summed E-state index contributed by atoms with van der Waals surface area (Å²) in [4.78, 5) is 4.26. The molecule has 1 aromatic heterocycles. The number of rotatable bonds is 6. The van der Waals surface area contributed by atoms with Crippen molar-refractivity contribution in [3.63, 3.8) is 0 Å². The molecule has 0 radical (unpaired) electrons. The van der Waals surface area contributed by atoms with Gasteiger partial charge in [0, 0.05) is 24.1 Å². The summed E-state index contributed by atoms with van der Waals surface area (Å²) in [5.41, 5.74) is 3.38. The molecule has 3 aromatic rings. The van der Waals surface area contributed by atoms with Crippen molar-refractivity contribution in [3.05, 3.63) is 83.9 Å². The molecular weight excluding hydrogens is 298 g/mol. The van der Waals surface area contributed by atoms with Crippen LogP contribution in [0.5, 0.6) is 0 Å². The van der Waals surface area contributed by atoms with Crippen molar-refractivity contribution >= 4 is 0 Å². The number of nitrogens with zero attached hydrogens (tertiary/aromatic N) is 2. The van der Waals surface area contributed by atoms with Crippen LogP contribution in [0.1, 0.15) is 36.0 Å². The van der Waals surface area contributed by atoms with E-state index < -0.39 is 0 Å². The van der Waals surface area contributed by atoms with E-state index in [1.807, 2.05) is 43.5 Å². The normalized spacial score (nSPS) is 13.6. The Balaban J connectivity index is 1.73. The highest BCUT2D eigenvalue weighted by atomic mass is 16.3. The highest BCUT2D eigenvalue weighted by Gasteiger charge is 2.14. The molecule has 0 amide bonds. The molecule has 2 atom stereocenters. The highest BCUT2D eigenvalue weighted by molar-refractivity contribution is 5.37. The minimum absolute atomic E-state index is 0.0701. The summed E-state index contributed by atoms with van der Waals surface area (Å²) in [6.07, 6.45) is 3.77. The molecule has 2 aromatic carbocycles. The Bertz CT molecular complexity index is 765. The number of hydrogen-bond acceptors (Lipinski definition) is 3. The Labute approximate surface area is 142 Å². The van der Waals surface area contributed by atoms with E-state index in [0.717, 1.165) is 17.1 Å². The van der Waals surface area contributed by atoms with Crippen LogP contribution in [-0.2, 0) is 0 Å². The number of nitrogens with one attached hydrogen (secondary N) is 1. The molecule has 0 aliphatic carbocycles. The second-order valence-electron chi connectivity index (χ2n) is 5.97. The molecule has 2 unspecified atom stereocenters. The average Bonchev–Trinajstić information content (AvgIpc) is 3.06. The largest absolute Gasteiger partial charge is 0.394 e. The van der Waals surface area contributed by atoms with Gasteiger partial charge in [0.1, 0.15) is 5.82 Å². The van der Waals surface area contributed by atoms with Crippen molar-refractivity contribution in [2.45, 2.75) is 25.9 Å². The van der Waals surface area contributed by atoms with Crippen LogP contribution in [0.25, 0.3) is 5.69 Å². The SMILES string of the molecule is Cc1nccn1-c1ccc(C(C)NC(CO)c2ccccc2)cc1. The molecule has 0 saturated heterocycles. The zero-order valence-electron chi connectivity index (χ0n) is 14.1. The number of aryl methyl sites for hydroxylation is 1. The molecule has 2 N–H and O–H groups in total. The van der Waals surface area contributed by atoms with E-state index in [1.54, 1.807) is 6.20 Å². The van der Waals surface area contributed by atoms with Crippen LogP contribution in [0.2, 0.25) is 0 Å². The zero-order valence-corrected chi connectivity index (χ0v) is 14.1. The summed E-state index contributed by atoms with van der Waals surface area (Å²) < 4.78 is 2.06. The van der Waals surface area contributed by atoms with Crippen LogP contribution in [0, 0.1) is 6.92 Å². The Kier molecular flexibility index (Phi) is 5.08. The second-order valence-corrected chi connectivity index (χ2v) is 5.97. The van der Waals surface area contributed by atoms with E-state index in [0.29, 0.717) is 0 Å². The maximum atomic E-state index is 9.70. The van der Waals surface area contributed by atoms with Gasteiger partial charge in [-0.25, -0.2) is 4.98 Å². The van der Waals surface area contributed by atoms with Crippen LogP contribution < -0.4 is 5.32 Å². The van der Waals surface area contributed by atoms with Gasteiger partial charge in [0.15, 0.2) is 0 Å². The third-order valence-electron chi connectivity index (χ3n) is 4.33. The summed E-state index contributed by atoms with van der Waals surface area (Å²) in [6.45, 7) is 4.17. The molecule has 4 nitrogen and oxygen atoms in total. The van der Waals surface area contributed by atoms with Crippen molar-refractivity contribution < 1.29 is 5.11 Å². The standard InChI is InChI=1S/C20H23N3O/c1-15(22-20(14-24)18-6-4-3-5-7-18)17-8-10-19(11-9-17)23-13-12-21-16(23)2/h3-13,15,20,22,24H,14H2,1-2H3. The maximum Gasteiger partial charge on any atom is 0.110 e. The summed E-state index contributed by atoms with van der Waals surface area (Å²) in [7, 11) is 0. The molecule has 24 heavy (non-hydrogen) atoms. The summed E-state index contributed by atoms with van der Waals surface area (Å²) in [5, 5.41) is 13.2. The number of aliphatic hydroxyl groups excluding tert-OH is 1. The van der Waals surface area contributed by atoms with Crippen molar-refractivity contribution in [1.82, 2.24) is 14.9 Å². The molecule has 0 bridgehead atoms. The highest BCUT2D eigenvalue weighted by Crippen LogP contribution is 2.21. The molecule has 3 rings (SSSR count). The zero-order chi connectivity index (χ0) is 16.9. The van der Waals surface area contributed by atoms with Gasteiger partial charge in [0.25, 0.3) is 0 Å². The lowest BCUT2D eigenvalue weighted by Gasteiger charge is -2.22. The number of aromatic nitrogens is 2. The average molecular weight is 321 g/mol. The third-order valence-corrected chi connectivity index (χ3v) is 4.33. The summed E-state index contributed by atoms with van der Waals surface area (Å²) in [5.74, 6) is 0.971. The number of imidazole rings is 1. The number of hydrogen-bond donors (Lipinski definition) is 2. The minimum atomic E-state index is -0.0724. The molecule has 124 valence electrons. The van der Waals surface area contributed by atoms with Crippen molar-refractivity contribution in [2.75, 3.05) is 6.61 Å². The fourth-order valence-corrected chi connectivity index (χ4v) is 2.91. The topological polar surface area (TPSA) is 50.1 Å². The lowest BCUT2D eigenvalue weighted by atomic mass is 10.0. The van der Waals surface area contributed by atoms with Crippen LogP contribution in [0.4, 0.5) is 0 Å². The molecule has 0 spiro atoms. The smallest absolute Gasteiger partial charge is 0.110 e. The lowest BCUT2D eigenvalue weighted by Crippen LogP contribution is -2.27. The van der Waals surface area contributed by atoms with Gasteiger partial charge in [0.2, 0.25) is 0 Å². The Morgan fingerprint density at radius 1 is 1.04 bits per heavy atom. The van der Waals surface area contributed by atoms with Gasteiger partial charge < -0.3 is 15.0 Å². The van der Waals surface area contributed by atoms with Crippen LogP contribution >= 0.6 is 0 Å². The van der Waals surface area contributed by atoms with E-state index in [2.05, 4.69) is 46.1 Å². The van der Waals surface area contributed by atoms with Gasteiger partial charge in [-0.1, -0.05) is 42.5 Å². The summed E-state index contributed by atoms with van der Waals surface area (Å²) >= 11 is 0. The van der Waals surface area contributed by atoms with Gasteiger partial charge in [0.05, 0.1) is 12.6 Å². The Morgan fingerprint density at radius 3 is 2.33 bits per heavy atom. The van der Waals surface area contributed by atoms with E-state index in [9.17, 15) is 5.11 Å². The van der Waals surface area contributed by atoms with Crippen molar-refractivity contribution in [3.8, 4) is 5.69 Å². The van der Waals surface area contributed by atoms with Crippen LogP contribution in [0.3, 0.4) is 0 Å². The molecule has 4 heteroatoms. The van der Waals surface area contributed by atoms with E-state index >= 15 is 0 Å². The van der Waals surface area contributed by atoms with E-state index in [1.165, 1.54) is 5.56 Å².